The molecule has 0 bridgehead atoms. The monoisotopic (exact) mass is 336 g/mol. The number of nitrogens with one attached hydrogen (secondary N) is 1. The van der Waals surface area contributed by atoms with E-state index in [1.807, 2.05) is 24.3 Å². The maximum absolute atomic E-state index is 9.11. The van der Waals surface area contributed by atoms with Crippen molar-refractivity contribution in [3.05, 3.63) is 55.0 Å². The fourth-order valence-electron chi connectivity index (χ4n) is 2.64. The molecule has 1 aromatic carbocycles. The number of fused-ring (bicyclic) bond motifs is 1. The van der Waals surface area contributed by atoms with E-state index in [9.17, 15) is 0 Å². The zero-order valence-corrected chi connectivity index (χ0v) is 13.3. The maximum atomic E-state index is 9.11. The van der Waals surface area contributed by atoms with Gasteiger partial charge < -0.3 is 10.4 Å². The lowest BCUT2D eigenvalue weighted by molar-refractivity contribution is 0.271. The van der Waals surface area contributed by atoms with Gasteiger partial charge in [-0.1, -0.05) is 12.1 Å². The minimum absolute atomic E-state index is 0.00781. The second-order valence-corrected chi connectivity index (χ2v) is 5.47. The lowest BCUT2D eigenvalue weighted by Crippen LogP contribution is -2.05. The molecule has 0 spiro atoms. The number of hydrogen-bond donors (Lipinski definition) is 2. The van der Waals surface area contributed by atoms with Crippen LogP contribution in [0.2, 0.25) is 0 Å². The molecule has 0 radical (unpaired) electrons. The fourth-order valence-corrected chi connectivity index (χ4v) is 2.64. The van der Waals surface area contributed by atoms with Crippen LogP contribution in [0, 0.1) is 0 Å². The van der Waals surface area contributed by atoms with Gasteiger partial charge in [0.05, 0.1) is 31.3 Å². The zero-order chi connectivity index (χ0) is 17.1. The number of aliphatic hydroxyl groups excluding tert-OH is 1. The summed E-state index contributed by atoms with van der Waals surface area (Å²) in [5.74, 6) is 0.673. The summed E-state index contributed by atoms with van der Waals surface area (Å²) in [5, 5.41) is 21.6. The van der Waals surface area contributed by atoms with E-state index in [0.717, 1.165) is 16.6 Å². The molecule has 0 aliphatic rings. The first-order valence-corrected chi connectivity index (χ1v) is 7.79. The molecule has 0 amide bonds. The molecule has 25 heavy (non-hydrogen) atoms. The number of benzene rings is 1. The highest BCUT2D eigenvalue weighted by molar-refractivity contribution is 5.88. The molecular formula is C16H16N8O. The minimum atomic E-state index is 0.00781. The summed E-state index contributed by atoms with van der Waals surface area (Å²) in [7, 11) is 0. The van der Waals surface area contributed by atoms with Crippen molar-refractivity contribution in [2.24, 2.45) is 0 Å². The molecule has 0 aliphatic heterocycles. The van der Waals surface area contributed by atoms with Crippen LogP contribution in [0.15, 0.2) is 49.4 Å². The molecule has 126 valence electrons. The van der Waals surface area contributed by atoms with Gasteiger partial charge in [-0.3, -0.25) is 0 Å². The summed E-state index contributed by atoms with van der Waals surface area (Å²) in [4.78, 5) is 12.5. The Morgan fingerprint density at radius 3 is 2.92 bits per heavy atom. The highest BCUT2D eigenvalue weighted by Crippen LogP contribution is 2.23. The smallest absolute Gasteiger partial charge is 0.163 e. The van der Waals surface area contributed by atoms with Gasteiger partial charge in [0.25, 0.3) is 0 Å². The molecule has 0 saturated carbocycles. The molecule has 0 unspecified atom stereocenters. The van der Waals surface area contributed by atoms with Gasteiger partial charge in [0, 0.05) is 5.69 Å². The van der Waals surface area contributed by atoms with Crippen molar-refractivity contribution in [1.29, 1.82) is 0 Å². The van der Waals surface area contributed by atoms with Crippen LogP contribution in [0.25, 0.3) is 11.0 Å². The van der Waals surface area contributed by atoms with Crippen LogP contribution in [-0.4, -0.2) is 46.2 Å². The Labute approximate surface area is 143 Å². The number of hydrogen-bond acceptors (Lipinski definition) is 7. The maximum Gasteiger partial charge on any atom is 0.163 e. The second kappa shape index (κ2) is 6.65. The van der Waals surface area contributed by atoms with Crippen molar-refractivity contribution in [3.8, 4) is 0 Å². The molecule has 0 fully saturated rings. The molecule has 3 aromatic heterocycles. The van der Waals surface area contributed by atoms with Crippen LogP contribution in [0.3, 0.4) is 0 Å². The van der Waals surface area contributed by atoms with E-state index in [0.29, 0.717) is 24.6 Å². The molecule has 4 aromatic rings. The highest BCUT2D eigenvalue weighted by atomic mass is 16.3. The molecule has 0 aliphatic carbocycles. The lowest BCUT2D eigenvalue weighted by Gasteiger charge is -2.09. The quantitative estimate of drug-likeness (QED) is 0.545. The van der Waals surface area contributed by atoms with Gasteiger partial charge in [-0.15, -0.1) is 0 Å². The molecule has 0 saturated heterocycles. The molecule has 9 heteroatoms. The number of nitrogens with zero attached hydrogens (tertiary/aromatic N) is 7. The van der Waals surface area contributed by atoms with Crippen LogP contribution in [0.4, 0.5) is 11.5 Å². The largest absolute Gasteiger partial charge is 0.394 e. The Bertz CT molecular complexity index is 979. The Hall–Kier alpha value is -3.33. The third kappa shape index (κ3) is 3.17. The number of aromatic nitrogens is 7. The third-order valence-corrected chi connectivity index (χ3v) is 3.75. The van der Waals surface area contributed by atoms with Crippen molar-refractivity contribution in [1.82, 2.24) is 34.5 Å². The lowest BCUT2D eigenvalue weighted by atomic mass is 10.2. The highest BCUT2D eigenvalue weighted by Gasteiger charge is 2.10. The van der Waals surface area contributed by atoms with Crippen molar-refractivity contribution in [2.75, 3.05) is 11.9 Å². The SMILES string of the molecule is OCCn1ncc2c(Nc3cccc(Cn4cncn4)c3)ncnc21. The van der Waals surface area contributed by atoms with E-state index in [4.69, 9.17) is 5.11 Å². The van der Waals surface area contributed by atoms with E-state index < -0.39 is 0 Å². The fraction of sp³-hybridized carbons (Fsp3) is 0.188. The predicted octanol–water partition coefficient (Wildman–Crippen LogP) is 1.20. The molecule has 9 nitrogen and oxygen atoms in total. The van der Waals surface area contributed by atoms with Gasteiger partial charge in [0.15, 0.2) is 5.65 Å². The molecular weight excluding hydrogens is 320 g/mol. The van der Waals surface area contributed by atoms with Crippen LogP contribution < -0.4 is 5.32 Å². The summed E-state index contributed by atoms with van der Waals surface area (Å²) in [6.45, 7) is 1.05. The van der Waals surface area contributed by atoms with E-state index in [1.54, 1.807) is 21.9 Å². The van der Waals surface area contributed by atoms with Crippen LogP contribution in [-0.2, 0) is 13.1 Å². The normalized spacial score (nSPS) is 11.1. The average Bonchev–Trinajstić information content (AvgIpc) is 3.27. The van der Waals surface area contributed by atoms with Gasteiger partial charge in [0.1, 0.15) is 24.8 Å². The third-order valence-electron chi connectivity index (χ3n) is 3.75. The van der Waals surface area contributed by atoms with Crippen molar-refractivity contribution >= 4 is 22.5 Å². The van der Waals surface area contributed by atoms with Gasteiger partial charge in [-0.2, -0.15) is 10.2 Å². The van der Waals surface area contributed by atoms with Gasteiger partial charge in [-0.05, 0) is 17.7 Å². The minimum Gasteiger partial charge on any atom is -0.394 e. The van der Waals surface area contributed by atoms with E-state index in [1.165, 1.54) is 12.7 Å². The Morgan fingerprint density at radius 2 is 2.08 bits per heavy atom. The summed E-state index contributed by atoms with van der Waals surface area (Å²) < 4.78 is 3.42. The van der Waals surface area contributed by atoms with E-state index in [-0.39, 0.29) is 6.61 Å². The zero-order valence-electron chi connectivity index (χ0n) is 13.3. The summed E-state index contributed by atoms with van der Waals surface area (Å²) in [6.07, 6.45) is 6.39. The predicted molar refractivity (Wildman–Crippen MR) is 91.3 cm³/mol. The molecule has 2 N–H and O–H groups in total. The number of rotatable bonds is 6. The van der Waals surface area contributed by atoms with Crippen molar-refractivity contribution < 1.29 is 5.11 Å². The first-order chi connectivity index (χ1) is 12.3. The topological polar surface area (TPSA) is 107 Å². The van der Waals surface area contributed by atoms with E-state index >= 15 is 0 Å². The Morgan fingerprint density at radius 1 is 1.12 bits per heavy atom. The Balaban J connectivity index is 1.61. The molecule has 0 atom stereocenters. The van der Waals surface area contributed by atoms with Gasteiger partial charge >= 0.3 is 0 Å². The van der Waals surface area contributed by atoms with Crippen LogP contribution in [0.1, 0.15) is 5.56 Å². The van der Waals surface area contributed by atoms with Gasteiger partial charge in [0.2, 0.25) is 0 Å². The second-order valence-electron chi connectivity index (χ2n) is 5.47. The van der Waals surface area contributed by atoms with Crippen LogP contribution in [0.5, 0.6) is 0 Å². The summed E-state index contributed by atoms with van der Waals surface area (Å²) >= 11 is 0. The molecule has 3 heterocycles. The summed E-state index contributed by atoms with van der Waals surface area (Å²) in [5.41, 5.74) is 2.69. The number of aliphatic hydroxyl groups is 1. The van der Waals surface area contributed by atoms with Crippen molar-refractivity contribution in [2.45, 2.75) is 13.1 Å². The van der Waals surface area contributed by atoms with Crippen molar-refractivity contribution in [3.63, 3.8) is 0 Å². The number of anilines is 2. The standard InChI is InChI=1S/C16H16N8O/c25-5-4-24-16-14(7-20-24)15(18-10-19-16)22-13-3-1-2-12(6-13)8-23-11-17-9-21-23/h1-3,6-7,9-11,25H,4-5,8H2,(H,18,19,22). The first-order valence-electron chi connectivity index (χ1n) is 7.79. The first kappa shape index (κ1) is 15.2. The summed E-state index contributed by atoms with van der Waals surface area (Å²) in [6, 6.07) is 8.01. The average molecular weight is 336 g/mol. The molecule has 4 rings (SSSR count). The Kier molecular flexibility index (Phi) is 4.05. The van der Waals surface area contributed by atoms with Crippen LogP contribution >= 0.6 is 0 Å². The van der Waals surface area contributed by atoms with Gasteiger partial charge in [-0.25, -0.2) is 24.3 Å². The van der Waals surface area contributed by atoms with E-state index in [2.05, 4.69) is 30.5 Å².